The number of carbonyl (C=O) groups is 2. The molecule has 4 rings (SSSR count). The molecule has 1 unspecified atom stereocenters. The summed E-state index contributed by atoms with van der Waals surface area (Å²) in [5.74, 6) is 0.130. The minimum atomic E-state index is -0.287. The molecule has 168 valence electrons. The number of likely N-dealkylation sites (tertiary alicyclic amines) is 1. The van der Waals surface area contributed by atoms with Gasteiger partial charge in [-0.2, -0.15) is 0 Å². The minimum absolute atomic E-state index is 0.0565. The number of thiophene rings is 1. The third kappa shape index (κ3) is 4.54. The lowest BCUT2D eigenvalue weighted by Crippen LogP contribution is -2.32. The molecule has 0 bridgehead atoms. The average molecular weight is 471 g/mol. The summed E-state index contributed by atoms with van der Waals surface area (Å²) in [5, 5.41) is 4.78. The number of hydrogen-bond donors (Lipinski definition) is 1. The zero-order valence-electron chi connectivity index (χ0n) is 18.1. The van der Waals surface area contributed by atoms with E-state index in [1.165, 1.54) is 21.3 Å². The lowest BCUT2D eigenvalue weighted by Gasteiger charge is -2.23. The van der Waals surface area contributed by atoms with Gasteiger partial charge in [-0.05, 0) is 43.3 Å². The van der Waals surface area contributed by atoms with Crippen molar-refractivity contribution in [1.29, 1.82) is 0 Å². The van der Waals surface area contributed by atoms with Gasteiger partial charge in [0, 0.05) is 18.5 Å². The lowest BCUT2D eigenvalue weighted by atomic mass is 10.2. The second kappa shape index (κ2) is 9.79. The number of thioether (sulfide) groups is 1. The van der Waals surface area contributed by atoms with Crippen LogP contribution < -0.4 is 10.9 Å². The second-order valence-corrected chi connectivity index (χ2v) is 9.70. The van der Waals surface area contributed by atoms with Crippen LogP contribution in [0.1, 0.15) is 29.5 Å². The molecule has 1 atom stereocenters. The smallest absolute Gasteiger partial charge is 0.295 e. The van der Waals surface area contributed by atoms with Crippen LogP contribution >= 0.6 is 23.1 Å². The van der Waals surface area contributed by atoms with Gasteiger partial charge in [-0.15, -0.1) is 23.1 Å². The van der Waals surface area contributed by atoms with Crippen LogP contribution in [-0.2, 0) is 16.6 Å². The van der Waals surface area contributed by atoms with Crippen LogP contribution in [0.5, 0.6) is 0 Å². The molecule has 1 aromatic carbocycles. The number of nitrogens with zero attached hydrogens (tertiary/aromatic N) is 3. The molecule has 32 heavy (non-hydrogen) atoms. The summed E-state index contributed by atoms with van der Waals surface area (Å²) < 4.78 is 3.25. The van der Waals surface area contributed by atoms with E-state index in [0.29, 0.717) is 5.69 Å². The van der Waals surface area contributed by atoms with Gasteiger partial charge in [-0.3, -0.25) is 19.1 Å². The van der Waals surface area contributed by atoms with E-state index in [-0.39, 0.29) is 40.6 Å². The largest absolute Gasteiger partial charge is 0.334 e. The molecule has 1 fully saturated rings. The van der Waals surface area contributed by atoms with Gasteiger partial charge in [0.15, 0.2) is 0 Å². The molecule has 1 saturated heterocycles. The zero-order valence-corrected chi connectivity index (χ0v) is 19.7. The van der Waals surface area contributed by atoms with Crippen LogP contribution in [0, 0.1) is 6.92 Å². The number of amides is 2. The van der Waals surface area contributed by atoms with Crippen molar-refractivity contribution in [3.05, 3.63) is 68.8 Å². The van der Waals surface area contributed by atoms with Crippen LogP contribution in [-0.4, -0.2) is 44.1 Å². The molecule has 1 aliphatic rings. The van der Waals surface area contributed by atoms with E-state index >= 15 is 0 Å². The van der Waals surface area contributed by atoms with Crippen molar-refractivity contribution >= 4 is 40.6 Å². The monoisotopic (exact) mass is 470 g/mol. The normalized spacial score (nSPS) is 15.8. The molecule has 0 saturated carbocycles. The Balaban J connectivity index is 1.35. The molecule has 1 aliphatic heterocycles. The summed E-state index contributed by atoms with van der Waals surface area (Å²) in [6, 6.07) is 13.5. The van der Waals surface area contributed by atoms with E-state index in [1.54, 1.807) is 30.0 Å². The first-order valence-electron chi connectivity index (χ1n) is 10.5. The summed E-state index contributed by atoms with van der Waals surface area (Å²) >= 11 is 2.96. The number of aromatic nitrogens is 2. The number of rotatable bonds is 7. The summed E-state index contributed by atoms with van der Waals surface area (Å²) in [6.07, 6.45) is 1.98. The van der Waals surface area contributed by atoms with Gasteiger partial charge in [0.25, 0.3) is 5.56 Å². The maximum absolute atomic E-state index is 12.9. The van der Waals surface area contributed by atoms with Crippen LogP contribution in [0.2, 0.25) is 0 Å². The van der Waals surface area contributed by atoms with E-state index in [0.717, 1.165) is 25.1 Å². The number of hydrogen-bond acceptors (Lipinski definition) is 5. The highest BCUT2D eigenvalue weighted by Crippen LogP contribution is 2.34. The van der Waals surface area contributed by atoms with Gasteiger partial charge in [-0.25, -0.2) is 4.68 Å². The van der Waals surface area contributed by atoms with Crippen LogP contribution in [0.4, 0.5) is 5.69 Å². The van der Waals surface area contributed by atoms with Crippen LogP contribution in [0.25, 0.3) is 5.69 Å². The Bertz CT molecular complexity index is 1150. The third-order valence-electron chi connectivity index (χ3n) is 5.72. The van der Waals surface area contributed by atoms with Gasteiger partial charge >= 0.3 is 0 Å². The number of anilines is 1. The standard InChI is InChI=1S/C23H26N4O3S2/c1-16-22(23(30)27(25(16)2)17-8-4-3-5-9-17)24-20(28)14-31-15-21(29)26-12-6-10-18(26)19-11-7-13-32-19/h3-5,7-9,11,13,18H,6,10,12,14-15H2,1-2H3,(H,24,28). The van der Waals surface area contributed by atoms with Gasteiger partial charge < -0.3 is 10.2 Å². The van der Waals surface area contributed by atoms with Crippen molar-refractivity contribution in [3.8, 4) is 5.69 Å². The Hall–Kier alpha value is -2.78. The number of para-hydroxylation sites is 1. The first-order valence-corrected chi connectivity index (χ1v) is 12.6. The van der Waals surface area contributed by atoms with Gasteiger partial charge in [-0.1, -0.05) is 24.3 Å². The highest BCUT2D eigenvalue weighted by Gasteiger charge is 2.30. The Kier molecular flexibility index (Phi) is 6.86. The Morgan fingerprint density at radius 3 is 2.66 bits per heavy atom. The fraction of sp³-hybridized carbons (Fsp3) is 0.348. The fourth-order valence-electron chi connectivity index (χ4n) is 4.04. The van der Waals surface area contributed by atoms with E-state index in [4.69, 9.17) is 0 Å². The molecular formula is C23H26N4O3S2. The van der Waals surface area contributed by atoms with E-state index in [1.807, 2.05) is 46.7 Å². The Morgan fingerprint density at radius 1 is 1.16 bits per heavy atom. The first-order chi connectivity index (χ1) is 15.5. The number of carbonyl (C=O) groups excluding carboxylic acids is 2. The molecule has 7 nitrogen and oxygen atoms in total. The van der Waals surface area contributed by atoms with Crippen molar-refractivity contribution in [2.24, 2.45) is 7.05 Å². The quantitative estimate of drug-likeness (QED) is 0.573. The van der Waals surface area contributed by atoms with Crippen LogP contribution in [0.3, 0.4) is 0 Å². The number of benzene rings is 1. The zero-order chi connectivity index (χ0) is 22.7. The molecule has 2 amide bonds. The summed E-state index contributed by atoms with van der Waals surface area (Å²) in [7, 11) is 1.78. The molecular weight excluding hydrogens is 444 g/mol. The maximum atomic E-state index is 12.9. The van der Waals surface area contributed by atoms with Crippen molar-refractivity contribution in [3.63, 3.8) is 0 Å². The minimum Gasteiger partial charge on any atom is -0.334 e. The SMILES string of the molecule is Cc1c(NC(=O)CSCC(=O)N2CCCC2c2cccs2)c(=O)n(-c2ccccc2)n1C. The summed E-state index contributed by atoms with van der Waals surface area (Å²) in [6.45, 7) is 2.56. The van der Waals surface area contributed by atoms with E-state index in [9.17, 15) is 14.4 Å². The van der Waals surface area contributed by atoms with Gasteiger partial charge in [0.1, 0.15) is 5.69 Å². The lowest BCUT2D eigenvalue weighted by molar-refractivity contribution is -0.129. The molecule has 1 N–H and O–H groups in total. The predicted molar refractivity (Wildman–Crippen MR) is 130 cm³/mol. The fourth-order valence-corrected chi connectivity index (χ4v) is 5.62. The van der Waals surface area contributed by atoms with Crippen LogP contribution in [0.15, 0.2) is 52.6 Å². The summed E-state index contributed by atoms with van der Waals surface area (Å²) in [4.78, 5) is 41.3. The molecule has 0 aliphatic carbocycles. The van der Waals surface area contributed by atoms with Crippen molar-refractivity contribution in [1.82, 2.24) is 14.3 Å². The van der Waals surface area contributed by atoms with Crippen molar-refractivity contribution < 1.29 is 9.59 Å². The average Bonchev–Trinajstić information content (AvgIpc) is 3.52. The molecule has 2 aromatic heterocycles. The Labute approximate surface area is 195 Å². The molecule has 9 heteroatoms. The van der Waals surface area contributed by atoms with E-state index in [2.05, 4.69) is 11.4 Å². The topological polar surface area (TPSA) is 76.3 Å². The van der Waals surface area contributed by atoms with Crippen molar-refractivity contribution in [2.45, 2.75) is 25.8 Å². The first kappa shape index (κ1) is 22.4. The second-order valence-electron chi connectivity index (χ2n) is 7.74. The Morgan fingerprint density at radius 2 is 1.94 bits per heavy atom. The molecule has 0 spiro atoms. The summed E-state index contributed by atoms with van der Waals surface area (Å²) in [5.41, 5.74) is 1.39. The highest BCUT2D eigenvalue weighted by molar-refractivity contribution is 8.00. The maximum Gasteiger partial charge on any atom is 0.295 e. The third-order valence-corrected chi connectivity index (χ3v) is 7.61. The molecule has 3 aromatic rings. The highest BCUT2D eigenvalue weighted by atomic mass is 32.2. The van der Waals surface area contributed by atoms with Crippen molar-refractivity contribution in [2.75, 3.05) is 23.4 Å². The van der Waals surface area contributed by atoms with Gasteiger partial charge in [0.2, 0.25) is 11.8 Å². The predicted octanol–water partition coefficient (Wildman–Crippen LogP) is 3.58. The number of nitrogens with one attached hydrogen (secondary N) is 1. The van der Waals surface area contributed by atoms with Gasteiger partial charge in [0.05, 0.1) is 28.9 Å². The van der Waals surface area contributed by atoms with E-state index < -0.39 is 0 Å². The molecule has 0 radical (unpaired) electrons. The molecule has 3 heterocycles.